The Morgan fingerprint density at radius 3 is 2.40 bits per heavy atom. The molecule has 0 unspecified atom stereocenters. The standard InChI is InChI=1S/C31H41ClN6O3S/c1-19(2)41-28-15-24(22-10-12-38(13-11-22)23-16-33-17-23)21(5)14-27(28)36-31-34-18-25(32)30(37-31)35-26-8-6-7-9-29(26)42(39,40)20(3)4/h6-9,14-15,18-20,22-23,33H,10-13,16-17H2,1-5H3,(H2,34,35,36,37). The summed E-state index contributed by atoms with van der Waals surface area (Å²) in [5, 5.41) is 9.52. The molecule has 3 aromatic rings. The fourth-order valence-electron chi connectivity index (χ4n) is 5.53. The lowest BCUT2D eigenvalue weighted by atomic mass is 9.85. The number of rotatable bonds is 10. The van der Waals surface area contributed by atoms with E-state index in [2.05, 4.69) is 49.9 Å². The second-order valence-electron chi connectivity index (χ2n) is 11.7. The average Bonchev–Trinajstić information content (AvgIpc) is 2.91. The summed E-state index contributed by atoms with van der Waals surface area (Å²) in [6.07, 6.45) is 3.74. The van der Waals surface area contributed by atoms with E-state index in [1.54, 1.807) is 38.1 Å². The normalized spacial score (nSPS) is 17.0. The Balaban J connectivity index is 1.39. The van der Waals surface area contributed by atoms with E-state index in [-0.39, 0.29) is 16.0 Å². The molecule has 9 nitrogen and oxygen atoms in total. The fraction of sp³-hybridized carbons (Fsp3) is 0.484. The summed E-state index contributed by atoms with van der Waals surface area (Å²) >= 11 is 6.46. The summed E-state index contributed by atoms with van der Waals surface area (Å²) in [5.74, 6) is 1.85. The Labute approximate surface area is 254 Å². The zero-order chi connectivity index (χ0) is 30.0. The Morgan fingerprint density at radius 2 is 1.76 bits per heavy atom. The predicted octanol–water partition coefficient (Wildman–Crippen LogP) is 6.05. The lowest BCUT2D eigenvalue weighted by Gasteiger charge is -2.42. The number of benzene rings is 2. The van der Waals surface area contributed by atoms with Crippen molar-refractivity contribution in [3.05, 3.63) is 58.7 Å². The molecule has 0 radical (unpaired) electrons. The van der Waals surface area contributed by atoms with Crippen LogP contribution < -0.4 is 20.7 Å². The van der Waals surface area contributed by atoms with Gasteiger partial charge in [-0.05, 0) is 102 Å². The van der Waals surface area contributed by atoms with Crippen molar-refractivity contribution >= 4 is 44.6 Å². The van der Waals surface area contributed by atoms with Crippen molar-refractivity contribution in [3.63, 3.8) is 0 Å². The zero-order valence-corrected chi connectivity index (χ0v) is 26.5. The minimum Gasteiger partial charge on any atom is -0.489 e. The van der Waals surface area contributed by atoms with Crippen molar-refractivity contribution in [2.24, 2.45) is 0 Å². The molecule has 0 spiro atoms. The number of halogens is 1. The number of sulfone groups is 1. The first-order valence-electron chi connectivity index (χ1n) is 14.7. The molecular weight excluding hydrogens is 572 g/mol. The van der Waals surface area contributed by atoms with Crippen LogP contribution in [0.1, 0.15) is 57.6 Å². The molecule has 2 aliphatic rings. The van der Waals surface area contributed by atoms with Gasteiger partial charge in [-0.2, -0.15) is 4.98 Å². The topological polar surface area (TPSA) is 108 Å². The van der Waals surface area contributed by atoms with Gasteiger partial charge in [0.15, 0.2) is 15.7 Å². The Kier molecular flexibility index (Phi) is 9.27. The Morgan fingerprint density at radius 1 is 1.05 bits per heavy atom. The van der Waals surface area contributed by atoms with Crippen LogP contribution >= 0.6 is 11.6 Å². The summed E-state index contributed by atoms with van der Waals surface area (Å²) in [4.78, 5) is 11.8. The Bertz CT molecular complexity index is 1520. The van der Waals surface area contributed by atoms with E-state index in [9.17, 15) is 8.42 Å². The van der Waals surface area contributed by atoms with Crippen molar-refractivity contribution in [1.29, 1.82) is 0 Å². The van der Waals surface area contributed by atoms with Gasteiger partial charge in [-0.1, -0.05) is 23.7 Å². The SMILES string of the molecule is Cc1cc(Nc2ncc(Cl)c(Nc3ccccc3S(=O)(=O)C(C)C)n2)c(OC(C)C)cc1C1CCN(C2CNC2)CC1. The molecule has 2 aliphatic heterocycles. The number of anilines is 4. The van der Waals surface area contributed by atoms with Crippen LogP contribution in [0.5, 0.6) is 5.75 Å². The fourth-order valence-corrected chi connectivity index (χ4v) is 6.87. The molecule has 1 aromatic heterocycles. The van der Waals surface area contributed by atoms with Gasteiger partial charge in [0.25, 0.3) is 0 Å². The van der Waals surface area contributed by atoms with Gasteiger partial charge in [0, 0.05) is 19.1 Å². The number of aryl methyl sites for hydroxylation is 1. The van der Waals surface area contributed by atoms with Gasteiger partial charge in [0.2, 0.25) is 5.95 Å². The van der Waals surface area contributed by atoms with Gasteiger partial charge in [0.05, 0.1) is 33.8 Å². The lowest BCUT2D eigenvalue weighted by molar-refractivity contribution is 0.113. The molecule has 3 N–H and O–H groups in total. The summed E-state index contributed by atoms with van der Waals surface area (Å²) in [6.45, 7) is 13.9. The highest BCUT2D eigenvalue weighted by atomic mass is 35.5. The first-order chi connectivity index (χ1) is 20.0. The molecule has 0 aliphatic carbocycles. The van der Waals surface area contributed by atoms with Crippen LogP contribution in [0.3, 0.4) is 0 Å². The lowest BCUT2D eigenvalue weighted by Crippen LogP contribution is -2.58. The number of nitrogens with zero attached hydrogens (tertiary/aromatic N) is 3. The highest BCUT2D eigenvalue weighted by Crippen LogP contribution is 2.39. The molecule has 0 saturated carbocycles. The molecule has 11 heteroatoms. The maximum Gasteiger partial charge on any atom is 0.229 e. The monoisotopic (exact) mass is 612 g/mol. The van der Waals surface area contributed by atoms with E-state index < -0.39 is 15.1 Å². The third-order valence-corrected chi connectivity index (χ3v) is 10.5. The zero-order valence-electron chi connectivity index (χ0n) is 24.9. The Hall–Kier alpha value is -2.92. The molecule has 42 heavy (non-hydrogen) atoms. The molecular formula is C31H41ClN6O3S. The van der Waals surface area contributed by atoms with Crippen molar-refractivity contribution in [2.45, 2.75) is 75.7 Å². The molecule has 0 bridgehead atoms. The third kappa shape index (κ3) is 6.67. The summed E-state index contributed by atoms with van der Waals surface area (Å²) in [6, 6.07) is 11.7. The average molecular weight is 613 g/mol. The number of para-hydroxylation sites is 1. The van der Waals surface area contributed by atoms with E-state index in [1.807, 2.05) is 13.8 Å². The van der Waals surface area contributed by atoms with Crippen LogP contribution in [0.15, 0.2) is 47.5 Å². The highest BCUT2D eigenvalue weighted by molar-refractivity contribution is 7.92. The summed E-state index contributed by atoms with van der Waals surface area (Å²) < 4.78 is 32.2. The molecule has 3 heterocycles. The van der Waals surface area contributed by atoms with Crippen LogP contribution in [0.25, 0.3) is 0 Å². The molecule has 0 atom stereocenters. The van der Waals surface area contributed by atoms with E-state index in [4.69, 9.17) is 16.3 Å². The summed E-state index contributed by atoms with van der Waals surface area (Å²) in [7, 11) is -3.53. The van der Waals surface area contributed by atoms with Crippen LogP contribution in [-0.4, -0.2) is 66.9 Å². The molecule has 5 rings (SSSR count). The number of nitrogens with one attached hydrogen (secondary N) is 3. The van der Waals surface area contributed by atoms with Crippen molar-refractivity contribution < 1.29 is 13.2 Å². The van der Waals surface area contributed by atoms with E-state index in [0.717, 1.165) is 50.5 Å². The maximum absolute atomic E-state index is 13.0. The van der Waals surface area contributed by atoms with Crippen LogP contribution in [0, 0.1) is 6.92 Å². The molecule has 2 fully saturated rings. The van der Waals surface area contributed by atoms with Crippen molar-refractivity contribution in [1.82, 2.24) is 20.2 Å². The number of piperidine rings is 1. The van der Waals surface area contributed by atoms with Crippen LogP contribution in [0.4, 0.5) is 23.1 Å². The minimum atomic E-state index is -3.53. The van der Waals surface area contributed by atoms with Gasteiger partial charge in [-0.3, -0.25) is 4.90 Å². The minimum absolute atomic E-state index is 0.0168. The second kappa shape index (κ2) is 12.8. The largest absolute Gasteiger partial charge is 0.489 e. The van der Waals surface area contributed by atoms with E-state index in [0.29, 0.717) is 29.4 Å². The number of aromatic nitrogens is 2. The highest BCUT2D eigenvalue weighted by Gasteiger charge is 2.30. The number of ether oxygens (including phenoxy) is 1. The third-order valence-electron chi connectivity index (χ3n) is 8.03. The molecule has 2 saturated heterocycles. The molecule has 2 aromatic carbocycles. The molecule has 226 valence electrons. The number of likely N-dealkylation sites (tertiary alicyclic amines) is 1. The maximum atomic E-state index is 13.0. The van der Waals surface area contributed by atoms with Gasteiger partial charge >= 0.3 is 0 Å². The number of hydrogen-bond donors (Lipinski definition) is 3. The quantitative estimate of drug-likeness (QED) is 0.252. The van der Waals surface area contributed by atoms with Gasteiger partial charge < -0.3 is 20.7 Å². The molecule has 0 amide bonds. The predicted molar refractivity (Wildman–Crippen MR) is 170 cm³/mol. The van der Waals surface area contributed by atoms with Gasteiger partial charge in [-0.25, -0.2) is 13.4 Å². The van der Waals surface area contributed by atoms with Gasteiger partial charge in [0.1, 0.15) is 10.8 Å². The first-order valence-corrected chi connectivity index (χ1v) is 16.6. The number of hydrogen-bond acceptors (Lipinski definition) is 9. The first kappa shape index (κ1) is 30.5. The smallest absolute Gasteiger partial charge is 0.229 e. The van der Waals surface area contributed by atoms with E-state index in [1.165, 1.54) is 17.3 Å². The van der Waals surface area contributed by atoms with Gasteiger partial charge in [-0.15, -0.1) is 0 Å². The van der Waals surface area contributed by atoms with E-state index >= 15 is 0 Å². The van der Waals surface area contributed by atoms with Crippen molar-refractivity contribution in [3.8, 4) is 5.75 Å². The second-order valence-corrected chi connectivity index (χ2v) is 14.6. The van der Waals surface area contributed by atoms with Crippen LogP contribution in [0.2, 0.25) is 5.02 Å². The van der Waals surface area contributed by atoms with Crippen LogP contribution in [-0.2, 0) is 9.84 Å². The summed E-state index contributed by atoms with van der Waals surface area (Å²) in [5.41, 5.74) is 3.68. The van der Waals surface area contributed by atoms with Crippen molar-refractivity contribution in [2.75, 3.05) is 36.8 Å².